The summed E-state index contributed by atoms with van der Waals surface area (Å²) in [5.74, 6) is 0.236. The van der Waals surface area contributed by atoms with Gasteiger partial charge in [0.05, 0.1) is 6.61 Å². The third kappa shape index (κ3) is 6.02. The van der Waals surface area contributed by atoms with Crippen LogP contribution in [0.5, 0.6) is 5.75 Å². The van der Waals surface area contributed by atoms with Crippen LogP contribution < -0.4 is 4.74 Å². The molecule has 4 nitrogen and oxygen atoms in total. The molecule has 1 atom stereocenters. The van der Waals surface area contributed by atoms with Crippen LogP contribution in [0.1, 0.15) is 32.1 Å². The third-order valence-electron chi connectivity index (χ3n) is 4.07. The number of benzene rings is 1. The van der Waals surface area contributed by atoms with Crippen molar-refractivity contribution in [3.63, 3.8) is 0 Å². The van der Waals surface area contributed by atoms with Crippen LogP contribution in [0.3, 0.4) is 0 Å². The van der Waals surface area contributed by atoms with Crippen molar-refractivity contribution in [2.45, 2.75) is 32.1 Å². The molecule has 0 saturated carbocycles. The first kappa shape index (κ1) is 16.7. The van der Waals surface area contributed by atoms with Crippen LogP contribution >= 0.6 is 0 Å². The highest BCUT2D eigenvalue weighted by molar-refractivity contribution is 5.66. The molecule has 1 aromatic rings. The highest BCUT2D eigenvalue weighted by Gasteiger charge is 2.20. The largest absolute Gasteiger partial charge is 0.494 e. The van der Waals surface area contributed by atoms with E-state index in [-0.39, 0.29) is 12.2 Å². The van der Waals surface area contributed by atoms with Crippen LogP contribution in [0.2, 0.25) is 0 Å². The predicted molar refractivity (Wildman–Crippen MR) is 82.5 cm³/mol. The van der Waals surface area contributed by atoms with E-state index < -0.39 is 5.97 Å². The Morgan fingerprint density at radius 2 is 2.14 bits per heavy atom. The molecule has 1 unspecified atom stereocenters. The summed E-state index contributed by atoms with van der Waals surface area (Å²) >= 11 is 0. The van der Waals surface area contributed by atoms with Crippen molar-refractivity contribution < 1.29 is 19.0 Å². The molecule has 1 fully saturated rings. The molecule has 0 radical (unpaired) electrons. The normalized spacial score (nSPS) is 19.0. The van der Waals surface area contributed by atoms with Gasteiger partial charge in [0, 0.05) is 19.5 Å². The second-order valence-electron chi connectivity index (χ2n) is 5.90. The van der Waals surface area contributed by atoms with Gasteiger partial charge < -0.3 is 14.7 Å². The average molecular weight is 309 g/mol. The molecule has 1 aliphatic heterocycles. The topological polar surface area (TPSA) is 49.8 Å². The number of rotatable bonds is 8. The lowest BCUT2D eigenvalue weighted by Gasteiger charge is -2.32. The zero-order valence-electron chi connectivity index (χ0n) is 12.8. The Morgan fingerprint density at radius 3 is 2.86 bits per heavy atom. The van der Waals surface area contributed by atoms with Crippen molar-refractivity contribution in [1.29, 1.82) is 0 Å². The first-order chi connectivity index (χ1) is 10.6. The molecule has 1 heterocycles. The maximum absolute atomic E-state index is 12.8. The number of halogens is 1. The smallest absolute Gasteiger partial charge is 0.303 e. The first-order valence-electron chi connectivity index (χ1n) is 7.96. The fourth-order valence-corrected chi connectivity index (χ4v) is 2.93. The molecule has 2 rings (SSSR count). The number of piperidine rings is 1. The lowest BCUT2D eigenvalue weighted by molar-refractivity contribution is -0.137. The minimum absolute atomic E-state index is 0.256. The number of carbonyl (C=O) groups is 1. The predicted octanol–water partition coefficient (Wildman–Crippen LogP) is 3.17. The average Bonchev–Trinajstić information content (AvgIpc) is 2.52. The Hall–Kier alpha value is -1.62. The van der Waals surface area contributed by atoms with Crippen LogP contribution in [-0.4, -0.2) is 42.2 Å². The first-order valence-corrected chi connectivity index (χ1v) is 7.96. The summed E-state index contributed by atoms with van der Waals surface area (Å²) in [7, 11) is 0. The van der Waals surface area contributed by atoms with E-state index in [9.17, 15) is 9.18 Å². The summed E-state index contributed by atoms with van der Waals surface area (Å²) < 4.78 is 18.4. The summed E-state index contributed by atoms with van der Waals surface area (Å²) in [6.07, 6.45) is 4.24. The molecule has 0 aliphatic carbocycles. The monoisotopic (exact) mass is 309 g/mol. The van der Waals surface area contributed by atoms with Crippen molar-refractivity contribution in [3.8, 4) is 5.75 Å². The van der Waals surface area contributed by atoms with E-state index in [1.807, 2.05) is 0 Å². The van der Waals surface area contributed by atoms with E-state index in [0.717, 1.165) is 45.3 Å². The van der Waals surface area contributed by atoms with Crippen LogP contribution in [-0.2, 0) is 4.79 Å². The van der Waals surface area contributed by atoms with Crippen molar-refractivity contribution in [1.82, 2.24) is 4.90 Å². The lowest BCUT2D eigenvalue weighted by atomic mass is 9.93. The van der Waals surface area contributed by atoms with Crippen molar-refractivity contribution in [3.05, 3.63) is 30.1 Å². The van der Waals surface area contributed by atoms with Crippen LogP contribution in [0, 0.1) is 11.7 Å². The van der Waals surface area contributed by atoms with Crippen LogP contribution in [0.4, 0.5) is 4.39 Å². The van der Waals surface area contributed by atoms with Crippen LogP contribution in [0.25, 0.3) is 0 Å². The molecule has 1 saturated heterocycles. The minimum atomic E-state index is -0.704. The second-order valence-corrected chi connectivity index (χ2v) is 5.90. The molecule has 22 heavy (non-hydrogen) atoms. The number of carboxylic acid groups (broad SMARTS) is 1. The van der Waals surface area contributed by atoms with E-state index in [1.54, 1.807) is 12.1 Å². The van der Waals surface area contributed by atoms with Gasteiger partial charge in [-0.15, -0.1) is 0 Å². The Kier molecular flexibility index (Phi) is 6.65. The van der Waals surface area contributed by atoms with E-state index in [4.69, 9.17) is 9.84 Å². The highest BCUT2D eigenvalue weighted by Crippen LogP contribution is 2.21. The van der Waals surface area contributed by atoms with Crippen LogP contribution in [0.15, 0.2) is 24.3 Å². The summed E-state index contributed by atoms with van der Waals surface area (Å²) in [6.45, 7) is 3.65. The lowest BCUT2D eigenvalue weighted by Crippen LogP contribution is -2.36. The number of nitrogens with zero attached hydrogens (tertiary/aromatic N) is 1. The maximum atomic E-state index is 12.8. The fourth-order valence-electron chi connectivity index (χ4n) is 2.93. The molecule has 5 heteroatoms. The van der Waals surface area contributed by atoms with E-state index in [1.165, 1.54) is 12.1 Å². The van der Waals surface area contributed by atoms with Gasteiger partial charge in [0.25, 0.3) is 0 Å². The zero-order valence-corrected chi connectivity index (χ0v) is 12.8. The van der Waals surface area contributed by atoms with Gasteiger partial charge >= 0.3 is 5.97 Å². The third-order valence-corrected chi connectivity index (χ3v) is 4.07. The Labute approximate surface area is 130 Å². The van der Waals surface area contributed by atoms with E-state index in [0.29, 0.717) is 18.3 Å². The Balaban J connectivity index is 1.61. The number of hydrogen-bond acceptors (Lipinski definition) is 3. The molecule has 0 amide bonds. The number of ether oxygens (including phenoxy) is 1. The molecule has 0 aromatic heterocycles. The number of likely N-dealkylation sites (tertiary alicyclic amines) is 1. The highest BCUT2D eigenvalue weighted by atomic mass is 19.1. The standard InChI is InChI=1S/C17H24FNO3/c18-15-5-7-16(8-6-15)22-12-2-11-19-10-1-3-14(13-19)4-9-17(20)21/h5-8,14H,1-4,9-13H2,(H,20,21). The summed E-state index contributed by atoms with van der Waals surface area (Å²) in [5, 5.41) is 8.76. The van der Waals surface area contributed by atoms with Gasteiger partial charge in [-0.1, -0.05) is 0 Å². The summed E-state index contributed by atoms with van der Waals surface area (Å²) in [6, 6.07) is 6.07. The quantitative estimate of drug-likeness (QED) is 0.749. The molecular weight excluding hydrogens is 285 g/mol. The summed E-state index contributed by atoms with van der Waals surface area (Å²) in [5.41, 5.74) is 0. The fraction of sp³-hybridized carbons (Fsp3) is 0.588. The molecule has 1 N–H and O–H groups in total. The number of carboxylic acids is 1. The number of hydrogen-bond donors (Lipinski definition) is 1. The second kappa shape index (κ2) is 8.73. The van der Waals surface area contributed by atoms with E-state index >= 15 is 0 Å². The van der Waals surface area contributed by atoms with Crippen molar-refractivity contribution in [2.24, 2.45) is 5.92 Å². The van der Waals surface area contributed by atoms with Gasteiger partial charge in [-0.05, 0) is 62.4 Å². The summed E-state index contributed by atoms with van der Waals surface area (Å²) in [4.78, 5) is 13.0. The van der Waals surface area contributed by atoms with Gasteiger partial charge in [-0.2, -0.15) is 0 Å². The van der Waals surface area contributed by atoms with Gasteiger partial charge in [0.2, 0.25) is 0 Å². The number of aliphatic carboxylic acids is 1. The van der Waals surface area contributed by atoms with Gasteiger partial charge in [-0.25, -0.2) is 4.39 Å². The van der Waals surface area contributed by atoms with E-state index in [2.05, 4.69) is 4.90 Å². The zero-order chi connectivity index (χ0) is 15.8. The Bertz CT molecular complexity index is 463. The Morgan fingerprint density at radius 1 is 1.36 bits per heavy atom. The maximum Gasteiger partial charge on any atom is 0.303 e. The van der Waals surface area contributed by atoms with Gasteiger partial charge in [-0.3, -0.25) is 4.79 Å². The van der Waals surface area contributed by atoms with Gasteiger partial charge in [0.15, 0.2) is 0 Å². The molecule has 122 valence electrons. The molecule has 1 aliphatic rings. The molecular formula is C17H24FNO3. The minimum Gasteiger partial charge on any atom is -0.494 e. The van der Waals surface area contributed by atoms with Gasteiger partial charge in [0.1, 0.15) is 11.6 Å². The molecule has 0 spiro atoms. The molecule has 1 aromatic carbocycles. The van der Waals surface area contributed by atoms with Crippen molar-refractivity contribution >= 4 is 5.97 Å². The van der Waals surface area contributed by atoms with Crippen molar-refractivity contribution in [2.75, 3.05) is 26.2 Å². The molecule has 0 bridgehead atoms. The SMILES string of the molecule is O=C(O)CCC1CCCN(CCCOc2ccc(F)cc2)C1.